The van der Waals surface area contributed by atoms with E-state index in [1.165, 1.54) is 11.8 Å². The second-order valence-corrected chi connectivity index (χ2v) is 9.25. The van der Waals surface area contributed by atoms with Crippen molar-refractivity contribution >= 4 is 29.6 Å². The largest absolute Gasteiger partial charge is 0.344 e. The number of benzene rings is 2. The Labute approximate surface area is 200 Å². The van der Waals surface area contributed by atoms with Crippen LogP contribution in [0.2, 0.25) is 0 Å². The van der Waals surface area contributed by atoms with Crippen molar-refractivity contribution in [1.82, 2.24) is 30.5 Å². The van der Waals surface area contributed by atoms with Crippen LogP contribution in [0.1, 0.15) is 43.5 Å². The molecule has 9 nitrogen and oxygen atoms in total. The molecule has 10 heteroatoms. The Hall–Kier alpha value is -3.66. The van der Waals surface area contributed by atoms with Gasteiger partial charge in [0.25, 0.3) is 5.91 Å². The molecule has 1 atom stereocenters. The van der Waals surface area contributed by atoms with E-state index in [-0.39, 0.29) is 5.75 Å². The van der Waals surface area contributed by atoms with Crippen molar-refractivity contribution in [3.63, 3.8) is 0 Å². The molecule has 4 amide bonds. The number of aromatic nitrogens is 3. The Kier molecular flexibility index (Phi) is 5.82. The fourth-order valence-electron chi connectivity index (χ4n) is 4.13. The van der Waals surface area contributed by atoms with Gasteiger partial charge in [-0.3, -0.25) is 19.6 Å². The zero-order valence-corrected chi connectivity index (χ0v) is 19.4. The monoisotopic (exact) mass is 476 g/mol. The van der Waals surface area contributed by atoms with E-state index in [1.807, 2.05) is 60.0 Å². The second-order valence-electron chi connectivity index (χ2n) is 8.31. The first kappa shape index (κ1) is 22.1. The summed E-state index contributed by atoms with van der Waals surface area (Å²) >= 11 is 1.21. The molecule has 34 heavy (non-hydrogen) atoms. The number of rotatable bonds is 8. The molecule has 2 N–H and O–H groups in total. The van der Waals surface area contributed by atoms with Crippen molar-refractivity contribution in [2.24, 2.45) is 0 Å². The Morgan fingerprint density at radius 3 is 2.41 bits per heavy atom. The van der Waals surface area contributed by atoms with E-state index in [4.69, 9.17) is 0 Å². The fraction of sp³-hybridized carbons (Fsp3) is 0.292. The third-order valence-corrected chi connectivity index (χ3v) is 7.00. The van der Waals surface area contributed by atoms with Gasteiger partial charge in [-0.25, -0.2) is 4.79 Å². The van der Waals surface area contributed by atoms with Crippen LogP contribution in [0.5, 0.6) is 0 Å². The minimum Gasteiger partial charge on any atom is -0.318 e. The quantitative estimate of drug-likeness (QED) is 0.382. The highest BCUT2D eigenvalue weighted by molar-refractivity contribution is 7.99. The molecule has 5 rings (SSSR count). The van der Waals surface area contributed by atoms with E-state index in [9.17, 15) is 14.4 Å². The Bertz CT molecular complexity index is 1230. The van der Waals surface area contributed by atoms with Crippen LogP contribution < -0.4 is 10.7 Å². The number of nitrogens with zero attached hydrogens (tertiary/aromatic N) is 4. The van der Waals surface area contributed by atoms with Crippen LogP contribution in [0.3, 0.4) is 0 Å². The van der Waals surface area contributed by atoms with Crippen LogP contribution in [0.4, 0.5) is 4.79 Å². The predicted octanol–water partition coefficient (Wildman–Crippen LogP) is 3.13. The molecule has 0 spiro atoms. The molecule has 174 valence electrons. The highest BCUT2D eigenvalue weighted by atomic mass is 32.2. The first-order chi connectivity index (χ1) is 16.5. The van der Waals surface area contributed by atoms with Gasteiger partial charge in [-0.05, 0) is 37.0 Å². The number of hydrogen-bond donors (Lipinski definition) is 2. The van der Waals surface area contributed by atoms with E-state index in [0.717, 1.165) is 29.4 Å². The van der Waals surface area contributed by atoms with Crippen molar-refractivity contribution < 1.29 is 14.4 Å². The van der Waals surface area contributed by atoms with Crippen LogP contribution in [-0.4, -0.2) is 43.4 Å². The van der Waals surface area contributed by atoms with Gasteiger partial charge in [0.15, 0.2) is 5.16 Å². The molecule has 1 saturated carbocycles. The third kappa shape index (κ3) is 3.94. The van der Waals surface area contributed by atoms with E-state index >= 15 is 0 Å². The number of carbonyl (C=O) groups excluding carboxylic acids is 3. The number of hydrogen-bond acceptors (Lipinski definition) is 6. The average molecular weight is 477 g/mol. The van der Waals surface area contributed by atoms with Crippen molar-refractivity contribution in [3.05, 3.63) is 72.1 Å². The molecule has 3 aromatic rings. The van der Waals surface area contributed by atoms with Crippen molar-refractivity contribution in [1.29, 1.82) is 0 Å². The lowest BCUT2D eigenvalue weighted by atomic mass is 9.87. The molecule has 2 aromatic carbocycles. The third-order valence-electron chi connectivity index (χ3n) is 6.07. The molecule has 0 radical (unpaired) electrons. The van der Waals surface area contributed by atoms with Gasteiger partial charge in [0.1, 0.15) is 11.4 Å². The molecule has 2 aliphatic rings. The number of thioether (sulfide) groups is 1. The lowest BCUT2D eigenvalue weighted by molar-refractivity contribution is -0.138. The average Bonchev–Trinajstić information content (AvgIpc) is 3.58. The van der Waals surface area contributed by atoms with Crippen LogP contribution >= 0.6 is 11.8 Å². The van der Waals surface area contributed by atoms with E-state index in [2.05, 4.69) is 20.9 Å². The molecule has 2 heterocycles. The minimum absolute atomic E-state index is 0.0306. The molecule has 1 aliphatic carbocycles. The summed E-state index contributed by atoms with van der Waals surface area (Å²) in [5.41, 5.74) is 2.86. The maximum atomic E-state index is 13.2. The lowest BCUT2D eigenvalue weighted by Crippen LogP contribution is -2.49. The van der Waals surface area contributed by atoms with Gasteiger partial charge in [-0.2, -0.15) is 5.01 Å². The SMILES string of the molecule is CC[C@@]1(c2ccccc2)NC(=O)N(NC(=O)CSc2nnc(C3CC3)n2-c2ccccc2)C1=O. The molecular weight excluding hydrogens is 452 g/mol. The normalized spacial score (nSPS) is 19.9. The smallest absolute Gasteiger partial charge is 0.318 e. The van der Waals surface area contributed by atoms with Gasteiger partial charge in [0.05, 0.1) is 5.75 Å². The van der Waals surface area contributed by atoms with Crippen LogP contribution in [0.15, 0.2) is 65.8 Å². The highest BCUT2D eigenvalue weighted by Gasteiger charge is 2.52. The number of hydrazine groups is 1. The molecular formula is C24H24N6O3S. The van der Waals surface area contributed by atoms with Gasteiger partial charge in [0, 0.05) is 11.6 Å². The summed E-state index contributed by atoms with van der Waals surface area (Å²) in [5.74, 6) is 0.245. The number of urea groups is 1. The zero-order valence-electron chi connectivity index (χ0n) is 18.6. The fourth-order valence-corrected chi connectivity index (χ4v) is 4.88. The van der Waals surface area contributed by atoms with E-state index in [1.54, 1.807) is 12.1 Å². The van der Waals surface area contributed by atoms with E-state index < -0.39 is 23.4 Å². The predicted molar refractivity (Wildman–Crippen MR) is 126 cm³/mol. The van der Waals surface area contributed by atoms with Crippen molar-refractivity contribution in [2.45, 2.75) is 42.8 Å². The summed E-state index contributed by atoms with van der Waals surface area (Å²) in [4.78, 5) is 38.5. The van der Waals surface area contributed by atoms with E-state index in [0.29, 0.717) is 23.1 Å². The van der Waals surface area contributed by atoms with Gasteiger partial charge in [-0.15, -0.1) is 10.2 Å². The van der Waals surface area contributed by atoms with Gasteiger partial charge < -0.3 is 5.32 Å². The first-order valence-electron chi connectivity index (χ1n) is 11.2. The summed E-state index contributed by atoms with van der Waals surface area (Å²) in [6, 6.07) is 18.1. The second kappa shape index (κ2) is 8.94. The lowest BCUT2D eigenvalue weighted by Gasteiger charge is -2.25. The summed E-state index contributed by atoms with van der Waals surface area (Å²) in [7, 11) is 0. The standard InChI is InChI=1S/C24H24N6O3S/c1-2-24(17-9-5-3-6-10-17)21(32)30(22(33)25-24)28-19(31)15-34-23-27-26-20(16-13-14-16)29(23)18-11-7-4-8-12-18/h3-12,16H,2,13-15H2,1H3,(H,25,33)(H,28,31)/t24-/m0/s1. The molecule has 1 aliphatic heterocycles. The van der Waals surface area contributed by atoms with Gasteiger partial charge in [-0.1, -0.05) is 67.2 Å². The maximum Gasteiger partial charge on any atom is 0.344 e. The maximum absolute atomic E-state index is 13.2. The molecule has 0 bridgehead atoms. The topological polar surface area (TPSA) is 109 Å². The number of nitrogens with one attached hydrogen (secondary N) is 2. The number of amides is 4. The summed E-state index contributed by atoms with van der Waals surface area (Å²) in [5, 5.41) is 12.8. The Morgan fingerprint density at radius 1 is 1.09 bits per heavy atom. The summed E-state index contributed by atoms with van der Waals surface area (Å²) in [6.07, 6.45) is 2.50. The van der Waals surface area contributed by atoms with Crippen LogP contribution in [-0.2, 0) is 15.1 Å². The molecule has 1 saturated heterocycles. The first-order valence-corrected chi connectivity index (χ1v) is 12.2. The van der Waals surface area contributed by atoms with Gasteiger partial charge in [0.2, 0.25) is 5.91 Å². The Morgan fingerprint density at radius 2 is 1.76 bits per heavy atom. The minimum atomic E-state index is -1.20. The summed E-state index contributed by atoms with van der Waals surface area (Å²) in [6.45, 7) is 1.82. The van der Waals surface area contributed by atoms with Crippen LogP contribution in [0, 0.1) is 0 Å². The van der Waals surface area contributed by atoms with Crippen molar-refractivity contribution in [2.75, 3.05) is 5.75 Å². The Balaban J connectivity index is 1.30. The number of carbonyl (C=O) groups is 3. The van der Waals surface area contributed by atoms with Gasteiger partial charge >= 0.3 is 6.03 Å². The van der Waals surface area contributed by atoms with Crippen molar-refractivity contribution in [3.8, 4) is 5.69 Å². The molecule has 0 unspecified atom stereocenters. The molecule has 1 aromatic heterocycles. The number of para-hydroxylation sites is 1. The summed E-state index contributed by atoms with van der Waals surface area (Å²) < 4.78 is 1.97. The zero-order chi connectivity index (χ0) is 23.7. The van der Waals surface area contributed by atoms with Crippen LogP contribution in [0.25, 0.3) is 5.69 Å². The number of imide groups is 1. The highest BCUT2D eigenvalue weighted by Crippen LogP contribution is 2.41. The molecule has 2 fully saturated rings.